The van der Waals surface area contributed by atoms with Gasteiger partial charge in [-0.3, -0.25) is 0 Å². The van der Waals surface area contributed by atoms with Crippen LogP contribution in [0.15, 0.2) is 29.2 Å². The molecular weight excluding hydrogens is 256 g/mol. The van der Waals surface area contributed by atoms with Crippen molar-refractivity contribution < 1.29 is 13.2 Å². The van der Waals surface area contributed by atoms with Crippen LogP contribution < -0.4 is 21.5 Å². The Labute approximate surface area is 106 Å². The number of hydrogen-bond donors (Lipinski definition) is 4. The summed E-state index contributed by atoms with van der Waals surface area (Å²) in [4.78, 5) is 10.5. The Kier molecular flexibility index (Phi) is 5.08. The first-order valence-corrected chi connectivity index (χ1v) is 6.76. The number of hydrogen-bond acceptors (Lipinski definition) is 4. The minimum Gasteiger partial charge on any atom is -0.352 e. The maximum atomic E-state index is 11.8. The van der Waals surface area contributed by atoms with Gasteiger partial charge in [-0.05, 0) is 17.7 Å². The lowest BCUT2D eigenvalue weighted by Gasteiger charge is -2.08. The minimum absolute atomic E-state index is 0.0676. The number of nitrogens with one attached hydrogen (secondary N) is 2. The van der Waals surface area contributed by atoms with E-state index in [0.717, 1.165) is 5.56 Å². The number of carbonyl (C=O) groups is 1. The largest absolute Gasteiger partial charge is 0.352 e. The molecule has 0 bridgehead atoms. The van der Waals surface area contributed by atoms with Gasteiger partial charge < -0.3 is 16.8 Å². The van der Waals surface area contributed by atoms with Crippen LogP contribution >= 0.6 is 0 Å². The van der Waals surface area contributed by atoms with Gasteiger partial charge in [-0.2, -0.15) is 0 Å². The summed E-state index contributed by atoms with van der Waals surface area (Å²) < 4.78 is 26.0. The van der Waals surface area contributed by atoms with Gasteiger partial charge in [0.2, 0.25) is 10.0 Å². The molecule has 7 nitrogen and oxygen atoms in total. The molecule has 0 aliphatic carbocycles. The third kappa shape index (κ3) is 4.32. The molecule has 0 radical (unpaired) electrons. The Morgan fingerprint density at radius 3 is 2.61 bits per heavy atom. The molecule has 1 rings (SSSR count). The van der Waals surface area contributed by atoms with Crippen LogP contribution in [-0.2, 0) is 16.6 Å². The lowest BCUT2D eigenvalue weighted by atomic mass is 10.2. The lowest BCUT2D eigenvalue weighted by molar-refractivity contribution is 0.249. The van der Waals surface area contributed by atoms with Crippen LogP contribution in [0.1, 0.15) is 5.56 Å². The second kappa shape index (κ2) is 6.34. The van der Waals surface area contributed by atoms with Crippen molar-refractivity contribution in [2.75, 3.05) is 13.1 Å². The summed E-state index contributed by atoms with van der Waals surface area (Å²) in [5, 5.41) is 2.28. The predicted octanol–water partition coefficient (Wildman–Crippen LogP) is -0.908. The van der Waals surface area contributed by atoms with Crippen LogP contribution in [-0.4, -0.2) is 27.5 Å². The minimum atomic E-state index is -3.59. The zero-order chi connectivity index (χ0) is 13.6. The van der Waals surface area contributed by atoms with Crippen LogP contribution in [0.25, 0.3) is 0 Å². The molecule has 0 spiro atoms. The topological polar surface area (TPSA) is 127 Å². The van der Waals surface area contributed by atoms with E-state index in [0.29, 0.717) is 0 Å². The number of benzene rings is 1. The van der Waals surface area contributed by atoms with Crippen molar-refractivity contribution in [2.45, 2.75) is 11.4 Å². The number of nitrogens with two attached hydrogens (primary N) is 2. The van der Waals surface area contributed by atoms with Crippen LogP contribution in [0.2, 0.25) is 0 Å². The van der Waals surface area contributed by atoms with Crippen molar-refractivity contribution in [3.8, 4) is 0 Å². The monoisotopic (exact) mass is 272 g/mol. The zero-order valence-corrected chi connectivity index (χ0v) is 10.5. The maximum absolute atomic E-state index is 11.8. The molecule has 0 aromatic heterocycles. The molecule has 8 heteroatoms. The van der Waals surface area contributed by atoms with Crippen molar-refractivity contribution in [3.05, 3.63) is 29.8 Å². The highest BCUT2D eigenvalue weighted by atomic mass is 32.2. The quantitative estimate of drug-likeness (QED) is 0.500. The van der Waals surface area contributed by atoms with E-state index in [9.17, 15) is 13.2 Å². The number of primary amides is 1. The van der Waals surface area contributed by atoms with Gasteiger partial charge in [0.15, 0.2) is 0 Å². The van der Waals surface area contributed by atoms with E-state index in [4.69, 9.17) is 11.5 Å². The molecule has 100 valence electrons. The van der Waals surface area contributed by atoms with Gasteiger partial charge in [-0.25, -0.2) is 17.9 Å². The van der Waals surface area contributed by atoms with E-state index < -0.39 is 16.1 Å². The molecule has 1 aromatic carbocycles. The molecule has 0 atom stereocenters. The Morgan fingerprint density at radius 2 is 2.00 bits per heavy atom. The summed E-state index contributed by atoms with van der Waals surface area (Å²) in [6, 6.07) is 5.65. The third-order valence-electron chi connectivity index (χ3n) is 2.16. The summed E-state index contributed by atoms with van der Waals surface area (Å²) in [6.07, 6.45) is 0. The van der Waals surface area contributed by atoms with Crippen molar-refractivity contribution in [2.24, 2.45) is 11.5 Å². The van der Waals surface area contributed by atoms with Gasteiger partial charge in [0.25, 0.3) is 0 Å². The van der Waals surface area contributed by atoms with E-state index in [1.807, 2.05) is 0 Å². The Morgan fingerprint density at radius 1 is 1.28 bits per heavy atom. The summed E-state index contributed by atoms with van der Waals surface area (Å²) >= 11 is 0. The van der Waals surface area contributed by atoms with E-state index >= 15 is 0 Å². The van der Waals surface area contributed by atoms with Crippen LogP contribution in [0, 0.1) is 0 Å². The van der Waals surface area contributed by atoms with E-state index in [-0.39, 0.29) is 24.5 Å². The average Bonchev–Trinajstić information content (AvgIpc) is 2.34. The van der Waals surface area contributed by atoms with Crippen LogP contribution in [0.3, 0.4) is 0 Å². The van der Waals surface area contributed by atoms with Gasteiger partial charge >= 0.3 is 6.03 Å². The second-order valence-corrected chi connectivity index (χ2v) is 5.31. The van der Waals surface area contributed by atoms with E-state index in [1.165, 1.54) is 12.1 Å². The molecule has 18 heavy (non-hydrogen) atoms. The highest BCUT2D eigenvalue weighted by molar-refractivity contribution is 7.89. The Hall–Kier alpha value is -1.64. The first-order valence-electron chi connectivity index (χ1n) is 5.27. The lowest BCUT2D eigenvalue weighted by Crippen LogP contribution is -2.37. The Balaban J connectivity index is 2.65. The molecule has 0 fully saturated rings. The summed E-state index contributed by atoms with van der Waals surface area (Å²) in [5.74, 6) is 0. The molecule has 0 aliphatic rings. The smallest absolute Gasteiger partial charge is 0.312 e. The van der Waals surface area contributed by atoms with E-state index in [2.05, 4.69) is 10.0 Å². The van der Waals surface area contributed by atoms with Crippen molar-refractivity contribution >= 4 is 16.1 Å². The number of amides is 2. The van der Waals surface area contributed by atoms with Crippen molar-refractivity contribution in [1.29, 1.82) is 0 Å². The fraction of sp³-hybridized carbons (Fsp3) is 0.300. The second-order valence-electron chi connectivity index (χ2n) is 3.54. The molecule has 2 amide bonds. The molecule has 0 saturated carbocycles. The molecule has 0 unspecified atom stereocenters. The molecule has 0 heterocycles. The first kappa shape index (κ1) is 14.4. The molecule has 0 aliphatic heterocycles. The highest BCUT2D eigenvalue weighted by Crippen LogP contribution is 2.10. The molecular formula is C10H16N4O3S. The molecule has 6 N–H and O–H groups in total. The highest BCUT2D eigenvalue weighted by Gasteiger charge is 2.13. The standard InChI is InChI=1S/C10H16N4O3S/c11-7-8-2-1-3-9(6-8)18(16,17)14-5-4-13-10(12)15/h1-3,6,14H,4-5,7,11H2,(H3,12,13,15). The number of sulfonamides is 1. The van der Waals surface area contributed by atoms with Crippen molar-refractivity contribution in [1.82, 2.24) is 10.0 Å². The average molecular weight is 272 g/mol. The third-order valence-corrected chi connectivity index (χ3v) is 3.62. The number of carbonyl (C=O) groups excluding carboxylic acids is 1. The first-order chi connectivity index (χ1) is 8.45. The van der Waals surface area contributed by atoms with Gasteiger partial charge in [0.1, 0.15) is 0 Å². The SMILES string of the molecule is NCc1cccc(S(=O)(=O)NCCNC(N)=O)c1. The predicted molar refractivity (Wildman–Crippen MR) is 67.1 cm³/mol. The van der Waals surface area contributed by atoms with Crippen molar-refractivity contribution in [3.63, 3.8) is 0 Å². The maximum Gasteiger partial charge on any atom is 0.312 e. The molecule has 1 aromatic rings. The zero-order valence-electron chi connectivity index (χ0n) is 9.72. The van der Waals surface area contributed by atoms with Crippen LogP contribution in [0.5, 0.6) is 0 Å². The molecule has 0 saturated heterocycles. The van der Waals surface area contributed by atoms with Gasteiger partial charge in [-0.15, -0.1) is 0 Å². The normalized spacial score (nSPS) is 11.2. The van der Waals surface area contributed by atoms with E-state index in [1.54, 1.807) is 12.1 Å². The van der Waals surface area contributed by atoms with Gasteiger partial charge in [-0.1, -0.05) is 12.1 Å². The van der Waals surface area contributed by atoms with Gasteiger partial charge in [0, 0.05) is 19.6 Å². The Bertz CT molecular complexity index is 516. The number of rotatable bonds is 6. The fourth-order valence-corrected chi connectivity index (χ4v) is 2.40. The number of urea groups is 1. The van der Waals surface area contributed by atoms with Gasteiger partial charge in [0.05, 0.1) is 4.90 Å². The fourth-order valence-electron chi connectivity index (χ4n) is 1.29. The summed E-state index contributed by atoms with van der Waals surface area (Å²) in [6.45, 7) is 0.468. The summed E-state index contributed by atoms with van der Waals surface area (Å²) in [5.41, 5.74) is 11.0. The summed E-state index contributed by atoms with van der Waals surface area (Å²) in [7, 11) is -3.59. The van der Waals surface area contributed by atoms with Crippen LogP contribution in [0.4, 0.5) is 4.79 Å².